The van der Waals surface area contributed by atoms with Crippen LogP contribution in [0.4, 0.5) is 0 Å². The van der Waals surface area contributed by atoms with Gasteiger partial charge in [0.05, 0.1) is 6.42 Å². The minimum Gasteiger partial charge on any atom is -0.519 e. The third-order valence-corrected chi connectivity index (χ3v) is 15.3. The molecule has 0 aromatic rings. The van der Waals surface area contributed by atoms with Crippen LogP contribution in [0.3, 0.4) is 0 Å². The van der Waals surface area contributed by atoms with Gasteiger partial charge in [-0.15, -0.1) is 0 Å². The predicted octanol–water partition coefficient (Wildman–Crippen LogP) is 4.82. The maximum Gasteiger partial charge on any atom is 0.334 e. The molecule has 0 radical (unpaired) electrons. The van der Waals surface area contributed by atoms with Crippen LogP contribution in [0.1, 0.15) is 33.6 Å². The van der Waals surface area contributed by atoms with Crippen molar-refractivity contribution in [2.75, 3.05) is 27.3 Å². The van der Waals surface area contributed by atoms with E-state index in [1.54, 1.807) is 14.2 Å². The quantitative estimate of drug-likeness (QED) is 0.448. The van der Waals surface area contributed by atoms with E-state index in [0.29, 0.717) is 6.42 Å². The fourth-order valence-electron chi connectivity index (χ4n) is 2.38. The summed E-state index contributed by atoms with van der Waals surface area (Å²) in [5.41, 5.74) is 0. The molecule has 26 heavy (non-hydrogen) atoms. The number of carbonyl (C=O) groups is 1. The third kappa shape index (κ3) is 8.79. The molecule has 0 atom stereocenters. The Kier molecular flexibility index (Phi) is 9.97. The number of carbonyl (C=O) groups excluding carboxylic acids is 1. The smallest absolute Gasteiger partial charge is 0.334 e. The first-order valence-electron chi connectivity index (χ1n) is 9.65. The molecule has 0 aromatic heterocycles. The highest BCUT2D eigenvalue weighted by atomic mass is 28.4. The standard InChI is InChI=1S/C18H43NO4Si3/c1-18(2,3)25(9,10)23-17(20)13-15-19(24(6,7)8)14-12-16-26(11,21-4)22-5/h12-16H2,1-11H3. The molecule has 0 bridgehead atoms. The van der Waals surface area contributed by atoms with Gasteiger partial charge in [-0.3, -0.25) is 4.79 Å². The Morgan fingerprint density at radius 1 is 0.923 bits per heavy atom. The maximum absolute atomic E-state index is 12.4. The van der Waals surface area contributed by atoms with E-state index < -0.39 is 25.1 Å². The average molecular weight is 422 g/mol. The second-order valence-corrected chi connectivity index (χ2v) is 23.1. The highest BCUT2D eigenvalue weighted by Crippen LogP contribution is 2.36. The summed E-state index contributed by atoms with van der Waals surface area (Å²) in [5, 5.41) is 0.0521. The molecule has 0 aliphatic heterocycles. The lowest BCUT2D eigenvalue weighted by Crippen LogP contribution is -2.49. The van der Waals surface area contributed by atoms with Gasteiger partial charge in [-0.2, -0.15) is 0 Å². The summed E-state index contributed by atoms with van der Waals surface area (Å²) in [7, 11) is -2.07. The Bertz CT molecular complexity index is 441. The number of nitrogens with zero attached hydrogens (tertiary/aromatic N) is 1. The lowest BCUT2D eigenvalue weighted by molar-refractivity contribution is -0.135. The van der Waals surface area contributed by atoms with E-state index in [9.17, 15) is 4.79 Å². The lowest BCUT2D eigenvalue weighted by Gasteiger charge is -2.37. The summed E-state index contributed by atoms with van der Waals surface area (Å²) >= 11 is 0. The molecule has 0 heterocycles. The van der Waals surface area contributed by atoms with Crippen LogP contribution in [-0.4, -0.2) is 63.0 Å². The van der Waals surface area contributed by atoms with Crippen molar-refractivity contribution in [2.24, 2.45) is 0 Å². The first kappa shape index (κ1) is 26.0. The van der Waals surface area contributed by atoms with Crippen LogP contribution >= 0.6 is 0 Å². The molecule has 0 amide bonds. The van der Waals surface area contributed by atoms with Gasteiger partial charge in [-0.05, 0) is 43.7 Å². The molecule has 0 rings (SSSR count). The molecule has 0 saturated carbocycles. The highest BCUT2D eigenvalue weighted by molar-refractivity contribution is 6.75. The molecule has 8 heteroatoms. The molecule has 0 aromatic carbocycles. The van der Waals surface area contributed by atoms with Crippen molar-refractivity contribution in [1.29, 1.82) is 0 Å². The highest BCUT2D eigenvalue weighted by Gasteiger charge is 2.40. The molecular formula is C18H43NO4Si3. The van der Waals surface area contributed by atoms with Gasteiger partial charge in [-0.1, -0.05) is 40.4 Å². The van der Waals surface area contributed by atoms with Crippen molar-refractivity contribution in [3.8, 4) is 0 Å². The van der Waals surface area contributed by atoms with E-state index in [-0.39, 0.29) is 11.0 Å². The molecule has 0 fully saturated rings. The molecule has 0 unspecified atom stereocenters. The zero-order valence-corrected chi connectivity index (χ0v) is 22.1. The van der Waals surface area contributed by atoms with Gasteiger partial charge in [0.25, 0.3) is 14.3 Å². The zero-order valence-electron chi connectivity index (χ0n) is 19.1. The van der Waals surface area contributed by atoms with Crippen LogP contribution in [0, 0.1) is 0 Å². The van der Waals surface area contributed by atoms with E-state index in [4.69, 9.17) is 13.3 Å². The SMILES string of the molecule is CO[Si](C)(CCCN(CCC(=O)O[Si](C)(C)C(C)(C)C)[Si](C)(C)C)OC. The summed E-state index contributed by atoms with van der Waals surface area (Å²) in [6.45, 7) is 21.6. The normalized spacial score (nSPS) is 14.0. The van der Waals surface area contributed by atoms with Crippen LogP contribution in [0.5, 0.6) is 0 Å². The molecule has 0 aliphatic rings. The molecule has 0 spiro atoms. The molecule has 0 N–H and O–H groups in total. The van der Waals surface area contributed by atoms with E-state index in [1.807, 2.05) is 0 Å². The first-order valence-corrected chi connectivity index (χ1v) is 18.5. The van der Waals surface area contributed by atoms with Crippen molar-refractivity contribution in [2.45, 2.75) is 84.0 Å². The second kappa shape index (κ2) is 9.97. The van der Waals surface area contributed by atoms with Gasteiger partial charge in [0.15, 0.2) is 0 Å². The van der Waals surface area contributed by atoms with E-state index in [2.05, 4.69) is 64.6 Å². The van der Waals surface area contributed by atoms with Gasteiger partial charge in [0, 0.05) is 20.8 Å². The summed E-state index contributed by atoms with van der Waals surface area (Å²) in [4.78, 5) is 12.4. The largest absolute Gasteiger partial charge is 0.519 e. The zero-order chi connectivity index (χ0) is 20.8. The Morgan fingerprint density at radius 2 is 1.42 bits per heavy atom. The fourth-order valence-corrected chi connectivity index (χ4v) is 6.34. The van der Waals surface area contributed by atoms with Crippen molar-refractivity contribution in [1.82, 2.24) is 4.57 Å². The summed E-state index contributed by atoms with van der Waals surface area (Å²) < 4.78 is 19.6. The van der Waals surface area contributed by atoms with Crippen LogP contribution in [0.15, 0.2) is 0 Å². The van der Waals surface area contributed by atoms with Crippen molar-refractivity contribution < 1.29 is 18.1 Å². The Labute approximate surface area is 165 Å². The Morgan fingerprint density at radius 3 is 1.81 bits per heavy atom. The van der Waals surface area contributed by atoms with E-state index in [0.717, 1.165) is 25.6 Å². The maximum atomic E-state index is 12.4. The van der Waals surface area contributed by atoms with Gasteiger partial charge >= 0.3 is 8.56 Å². The third-order valence-electron chi connectivity index (χ3n) is 5.63. The summed E-state index contributed by atoms with van der Waals surface area (Å²) in [5.74, 6) is -0.0483. The first-order chi connectivity index (χ1) is 11.6. The van der Waals surface area contributed by atoms with Crippen molar-refractivity contribution in [3.63, 3.8) is 0 Å². The van der Waals surface area contributed by atoms with Gasteiger partial charge in [-0.25, -0.2) is 0 Å². The second-order valence-electron chi connectivity index (χ2n) is 9.79. The van der Waals surface area contributed by atoms with E-state index in [1.165, 1.54) is 0 Å². The van der Waals surface area contributed by atoms with Gasteiger partial charge < -0.3 is 17.8 Å². The molecule has 156 valence electrons. The van der Waals surface area contributed by atoms with Crippen LogP contribution in [0.25, 0.3) is 0 Å². The van der Waals surface area contributed by atoms with Crippen molar-refractivity contribution in [3.05, 3.63) is 0 Å². The number of rotatable bonds is 11. The summed E-state index contributed by atoms with van der Waals surface area (Å²) in [6, 6.07) is 0.968. The average Bonchev–Trinajstić information content (AvgIpc) is 2.47. The fraction of sp³-hybridized carbons (Fsp3) is 0.944. The van der Waals surface area contributed by atoms with Crippen LogP contribution < -0.4 is 0 Å². The minimum absolute atomic E-state index is 0.0483. The van der Waals surface area contributed by atoms with Crippen LogP contribution in [0.2, 0.25) is 50.4 Å². The predicted molar refractivity (Wildman–Crippen MR) is 118 cm³/mol. The van der Waals surface area contributed by atoms with E-state index >= 15 is 0 Å². The monoisotopic (exact) mass is 421 g/mol. The van der Waals surface area contributed by atoms with Gasteiger partial charge in [0.2, 0.25) is 0 Å². The van der Waals surface area contributed by atoms with Gasteiger partial charge in [0.1, 0.15) is 8.24 Å². The molecule has 5 nitrogen and oxygen atoms in total. The summed E-state index contributed by atoms with van der Waals surface area (Å²) in [6.07, 6.45) is 1.51. The minimum atomic E-state index is -2.03. The molecular weight excluding hydrogens is 378 g/mol. The topological polar surface area (TPSA) is 48.0 Å². The Hall–Kier alpha value is 0.000649. The van der Waals surface area contributed by atoms with Crippen LogP contribution in [-0.2, 0) is 18.1 Å². The Balaban J connectivity index is 4.68. The number of hydrogen-bond donors (Lipinski definition) is 0. The van der Waals surface area contributed by atoms with Crippen molar-refractivity contribution >= 4 is 31.1 Å². The molecule has 0 aliphatic carbocycles. The number of hydrogen-bond acceptors (Lipinski definition) is 5. The molecule has 0 saturated heterocycles. The lowest BCUT2D eigenvalue weighted by atomic mass is 10.2.